The number of fused-ring (bicyclic) bond motifs is 1. The Labute approximate surface area is 176 Å². The van der Waals surface area contributed by atoms with Gasteiger partial charge in [-0.05, 0) is 67.1 Å². The molecule has 3 aromatic rings. The molecule has 0 radical (unpaired) electrons. The van der Waals surface area contributed by atoms with Crippen LogP contribution in [0.1, 0.15) is 50.1 Å². The van der Waals surface area contributed by atoms with Crippen LogP contribution in [-0.2, 0) is 13.0 Å². The number of rotatable bonds is 6. The van der Waals surface area contributed by atoms with Crippen LogP contribution < -0.4 is 10.1 Å². The number of halogens is 1. The van der Waals surface area contributed by atoms with Crippen LogP contribution in [0, 0.1) is 11.2 Å². The van der Waals surface area contributed by atoms with E-state index < -0.39 is 0 Å². The van der Waals surface area contributed by atoms with Crippen molar-refractivity contribution in [3.05, 3.63) is 71.3 Å². The number of phenolic OH excluding ortho intramolecular Hbond substituents is 1. The average molecular weight is 410 g/mol. The summed E-state index contributed by atoms with van der Waals surface area (Å²) >= 11 is 0. The van der Waals surface area contributed by atoms with Crippen LogP contribution in [0.2, 0.25) is 0 Å². The summed E-state index contributed by atoms with van der Waals surface area (Å²) in [6, 6.07) is 12.1. The van der Waals surface area contributed by atoms with Gasteiger partial charge in [0.25, 0.3) is 0 Å². The molecule has 5 nitrogen and oxygen atoms in total. The Hall–Kier alpha value is -2.86. The van der Waals surface area contributed by atoms with Crippen molar-refractivity contribution >= 4 is 0 Å². The molecule has 1 unspecified atom stereocenters. The van der Waals surface area contributed by atoms with Crippen molar-refractivity contribution in [2.24, 2.45) is 5.41 Å². The highest BCUT2D eigenvalue weighted by Gasteiger charge is 2.35. The van der Waals surface area contributed by atoms with E-state index in [1.165, 1.54) is 17.7 Å². The van der Waals surface area contributed by atoms with Crippen LogP contribution in [0.4, 0.5) is 4.39 Å². The maximum Gasteiger partial charge on any atom is 0.161 e. The predicted octanol–water partition coefficient (Wildman–Crippen LogP) is 4.92. The maximum atomic E-state index is 13.4. The van der Waals surface area contributed by atoms with Gasteiger partial charge in [0.15, 0.2) is 11.5 Å². The van der Waals surface area contributed by atoms with E-state index in [0.717, 1.165) is 29.8 Å². The molecule has 2 aromatic carbocycles. The standard InChI is InChI=1S/C24H28FN3O2/c1-4-30-23-11-16(5-10-22(23)29)14-26-20-12-24(2,3)13-21-19(20)15-27-28(21)18-8-6-17(25)7-9-18/h5-11,15,20,26,29H,4,12-14H2,1-3H3. The highest BCUT2D eigenvalue weighted by molar-refractivity contribution is 5.42. The number of aromatic nitrogens is 2. The molecule has 30 heavy (non-hydrogen) atoms. The van der Waals surface area contributed by atoms with Crippen LogP contribution in [-0.4, -0.2) is 21.5 Å². The molecule has 4 rings (SSSR count). The minimum absolute atomic E-state index is 0.105. The molecule has 1 atom stereocenters. The Kier molecular flexibility index (Phi) is 5.52. The van der Waals surface area contributed by atoms with Gasteiger partial charge in [0.2, 0.25) is 0 Å². The topological polar surface area (TPSA) is 59.3 Å². The Morgan fingerprint density at radius 1 is 1.23 bits per heavy atom. The van der Waals surface area contributed by atoms with Gasteiger partial charge in [0, 0.05) is 23.8 Å². The summed E-state index contributed by atoms with van der Waals surface area (Å²) in [5.41, 5.74) is 4.37. The van der Waals surface area contributed by atoms with Gasteiger partial charge in [0.1, 0.15) is 5.82 Å². The van der Waals surface area contributed by atoms with Crippen molar-refractivity contribution in [3.8, 4) is 17.2 Å². The molecule has 0 spiro atoms. The molecular weight excluding hydrogens is 381 g/mol. The third-order valence-corrected chi connectivity index (χ3v) is 5.63. The monoisotopic (exact) mass is 409 g/mol. The van der Waals surface area contributed by atoms with Gasteiger partial charge in [0.05, 0.1) is 18.5 Å². The molecule has 158 valence electrons. The molecule has 0 amide bonds. The second-order valence-electron chi connectivity index (χ2n) is 8.65. The highest BCUT2D eigenvalue weighted by Crippen LogP contribution is 2.41. The quantitative estimate of drug-likeness (QED) is 0.607. The third kappa shape index (κ3) is 4.19. The summed E-state index contributed by atoms with van der Waals surface area (Å²) in [5, 5.41) is 18.2. The van der Waals surface area contributed by atoms with Crippen molar-refractivity contribution in [2.45, 2.75) is 46.2 Å². The molecule has 6 heteroatoms. The molecule has 1 aromatic heterocycles. The molecule has 0 saturated carbocycles. The van der Waals surface area contributed by atoms with Gasteiger partial charge in [-0.3, -0.25) is 0 Å². The lowest BCUT2D eigenvalue weighted by molar-refractivity contribution is 0.252. The molecule has 1 aliphatic carbocycles. The lowest BCUT2D eigenvalue weighted by Gasteiger charge is -2.36. The Balaban J connectivity index is 1.58. The van der Waals surface area contributed by atoms with E-state index in [9.17, 15) is 9.50 Å². The third-order valence-electron chi connectivity index (χ3n) is 5.63. The number of phenols is 1. The molecule has 0 fully saturated rings. The summed E-state index contributed by atoms with van der Waals surface area (Å²) in [5.74, 6) is 0.410. The van der Waals surface area contributed by atoms with Crippen LogP contribution in [0.25, 0.3) is 5.69 Å². The second kappa shape index (κ2) is 8.11. The van der Waals surface area contributed by atoms with Crippen LogP contribution in [0.15, 0.2) is 48.7 Å². The zero-order valence-electron chi connectivity index (χ0n) is 17.7. The fourth-order valence-corrected chi connectivity index (χ4v) is 4.21. The molecule has 1 aliphatic rings. The van der Waals surface area contributed by atoms with Crippen molar-refractivity contribution in [1.82, 2.24) is 15.1 Å². The largest absolute Gasteiger partial charge is 0.504 e. The summed E-state index contributed by atoms with van der Waals surface area (Å²) in [6.07, 6.45) is 3.82. The first-order chi connectivity index (χ1) is 14.4. The number of ether oxygens (including phenoxy) is 1. The van der Waals surface area contributed by atoms with E-state index in [0.29, 0.717) is 18.9 Å². The van der Waals surface area contributed by atoms with E-state index in [1.807, 2.05) is 29.9 Å². The Bertz CT molecular complexity index is 1030. The number of aromatic hydroxyl groups is 1. The Morgan fingerprint density at radius 2 is 2.00 bits per heavy atom. The number of benzene rings is 2. The van der Waals surface area contributed by atoms with Gasteiger partial charge in [-0.25, -0.2) is 9.07 Å². The van der Waals surface area contributed by atoms with Gasteiger partial charge in [-0.1, -0.05) is 19.9 Å². The van der Waals surface area contributed by atoms with Crippen LogP contribution >= 0.6 is 0 Å². The number of hydrogen-bond donors (Lipinski definition) is 2. The lowest BCUT2D eigenvalue weighted by atomic mass is 9.74. The normalized spacial score (nSPS) is 17.5. The summed E-state index contributed by atoms with van der Waals surface area (Å²) in [7, 11) is 0. The molecule has 0 bridgehead atoms. The zero-order chi connectivity index (χ0) is 21.3. The van der Waals surface area contributed by atoms with Crippen molar-refractivity contribution < 1.29 is 14.2 Å². The van der Waals surface area contributed by atoms with E-state index in [2.05, 4.69) is 24.3 Å². The molecular formula is C24H28FN3O2. The summed E-state index contributed by atoms with van der Waals surface area (Å²) in [6.45, 7) is 7.59. The minimum atomic E-state index is -0.250. The highest BCUT2D eigenvalue weighted by atomic mass is 19.1. The van der Waals surface area contributed by atoms with Crippen molar-refractivity contribution in [1.29, 1.82) is 0 Å². The first kappa shape index (κ1) is 20.4. The predicted molar refractivity (Wildman–Crippen MR) is 114 cm³/mol. The fourth-order valence-electron chi connectivity index (χ4n) is 4.21. The van der Waals surface area contributed by atoms with Gasteiger partial charge < -0.3 is 15.2 Å². The number of hydrogen-bond acceptors (Lipinski definition) is 4. The van der Waals surface area contributed by atoms with Crippen LogP contribution in [0.3, 0.4) is 0 Å². The first-order valence-corrected chi connectivity index (χ1v) is 10.4. The molecule has 2 N–H and O–H groups in total. The van der Waals surface area contributed by atoms with E-state index in [4.69, 9.17) is 4.74 Å². The molecule has 0 aliphatic heterocycles. The van der Waals surface area contributed by atoms with E-state index in [-0.39, 0.29) is 23.0 Å². The average Bonchev–Trinajstić information content (AvgIpc) is 3.11. The molecule has 0 saturated heterocycles. The summed E-state index contributed by atoms with van der Waals surface area (Å²) in [4.78, 5) is 0. The van der Waals surface area contributed by atoms with Gasteiger partial charge in [-0.2, -0.15) is 5.10 Å². The zero-order valence-corrected chi connectivity index (χ0v) is 17.7. The maximum absolute atomic E-state index is 13.4. The lowest BCUT2D eigenvalue weighted by Crippen LogP contribution is -2.33. The van der Waals surface area contributed by atoms with Gasteiger partial charge in [-0.15, -0.1) is 0 Å². The molecule has 1 heterocycles. The first-order valence-electron chi connectivity index (χ1n) is 10.4. The minimum Gasteiger partial charge on any atom is -0.504 e. The van der Waals surface area contributed by atoms with E-state index >= 15 is 0 Å². The smallest absolute Gasteiger partial charge is 0.161 e. The fraction of sp³-hybridized carbons (Fsp3) is 0.375. The number of nitrogens with one attached hydrogen (secondary N) is 1. The number of nitrogens with zero attached hydrogens (tertiary/aromatic N) is 2. The SMILES string of the molecule is CCOc1cc(CNC2CC(C)(C)Cc3c2cnn3-c2ccc(F)cc2)ccc1O. The van der Waals surface area contributed by atoms with Crippen LogP contribution in [0.5, 0.6) is 11.5 Å². The van der Waals surface area contributed by atoms with Gasteiger partial charge >= 0.3 is 0 Å². The second-order valence-corrected chi connectivity index (χ2v) is 8.65. The van der Waals surface area contributed by atoms with Crippen molar-refractivity contribution in [3.63, 3.8) is 0 Å². The Morgan fingerprint density at radius 3 is 2.73 bits per heavy atom. The van der Waals surface area contributed by atoms with Crippen molar-refractivity contribution in [2.75, 3.05) is 6.61 Å². The summed E-state index contributed by atoms with van der Waals surface area (Å²) < 4.78 is 20.8. The van der Waals surface area contributed by atoms with E-state index in [1.54, 1.807) is 18.2 Å².